The van der Waals surface area contributed by atoms with Gasteiger partial charge >= 0.3 is 0 Å². The van der Waals surface area contributed by atoms with Gasteiger partial charge in [0.1, 0.15) is 12.1 Å². The zero-order chi connectivity index (χ0) is 14.7. The molecule has 2 aromatic rings. The van der Waals surface area contributed by atoms with Crippen molar-refractivity contribution < 1.29 is 0 Å². The number of rotatable bonds is 4. The van der Waals surface area contributed by atoms with Gasteiger partial charge in [-0.25, -0.2) is 9.97 Å². The van der Waals surface area contributed by atoms with Crippen LogP contribution in [0.15, 0.2) is 24.8 Å². The van der Waals surface area contributed by atoms with Crippen LogP contribution >= 0.6 is 0 Å². The smallest absolute Gasteiger partial charge is 0.127 e. The Labute approximate surface area is 123 Å². The fourth-order valence-electron chi connectivity index (χ4n) is 3.09. The molecular weight excluding hydrogens is 264 g/mol. The van der Waals surface area contributed by atoms with E-state index in [-0.39, 0.29) is 6.04 Å². The fraction of sp³-hybridized carbons (Fsp3) is 0.467. The number of nitriles is 1. The third-order valence-corrected chi connectivity index (χ3v) is 4.17. The second kappa shape index (κ2) is 5.92. The second-order valence-corrected chi connectivity index (χ2v) is 5.51. The van der Waals surface area contributed by atoms with E-state index in [1.807, 2.05) is 10.9 Å². The lowest BCUT2D eigenvalue weighted by Crippen LogP contribution is -2.17. The van der Waals surface area contributed by atoms with Crippen molar-refractivity contribution >= 4 is 5.82 Å². The van der Waals surface area contributed by atoms with Gasteiger partial charge in [0.15, 0.2) is 0 Å². The van der Waals surface area contributed by atoms with Gasteiger partial charge in [0.25, 0.3) is 0 Å². The van der Waals surface area contributed by atoms with Crippen molar-refractivity contribution in [2.75, 3.05) is 5.73 Å². The van der Waals surface area contributed by atoms with E-state index < -0.39 is 0 Å². The van der Waals surface area contributed by atoms with Crippen molar-refractivity contribution in [2.45, 2.75) is 38.1 Å². The maximum absolute atomic E-state index is 9.09. The number of aromatic nitrogens is 4. The molecule has 1 saturated carbocycles. The topological polar surface area (TPSA) is 93.4 Å². The van der Waals surface area contributed by atoms with Gasteiger partial charge in [-0.2, -0.15) is 10.4 Å². The van der Waals surface area contributed by atoms with E-state index in [4.69, 9.17) is 11.0 Å². The minimum absolute atomic E-state index is 0.158. The average molecular weight is 282 g/mol. The van der Waals surface area contributed by atoms with Gasteiger partial charge < -0.3 is 5.73 Å². The van der Waals surface area contributed by atoms with E-state index in [0.717, 1.165) is 11.3 Å². The van der Waals surface area contributed by atoms with Gasteiger partial charge in [0.2, 0.25) is 0 Å². The Balaban J connectivity index is 1.87. The maximum Gasteiger partial charge on any atom is 0.127 e. The van der Waals surface area contributed by atoms with Gasteiger partial charge in [-0.15, -0.1) is 0 Å². The van der Waals surface area contributed by atoms with Crippen LogP contribution in [0.5, 0.6) is 0 Å². The summed E-state index contributed by atoms with van der Waals surface area (Å²) in [4.78, 5) is 8.11. The van der Waals surface area contributed by atoms with Crippen LogP contribution in [0.1, 0.15) is 38.1 Å². The minimum atomic E-state index is 0.158. The van der Waals surface area contributed by atoms with Gasteiger partial charge in [-0.3, -0.25) is 4.68 Å². The summed E-state index contributed by atoms with van der Waals surface area (Å²) in [7, 11) is 0. The number of anilines is 1. The average Bonchev–Trinajstić information content (AvgIpc) is 3.16. The normalized spacial score (nSPS) is 16.7. The highest BCUT2D eigenvalue weighted by Crippen LogP contribution is 2.36. The molecule has 1 aliphatic carbocycles. The minimum Gasteiger partial charge on any atom is -0.384 e. The predicted molar refractivity (Wildman–Crippen MR) is 78.9 cm³/mol. The Kier molecular flexibility index (Phi) is 3.82. The van der Waals surface area contributed by atoms with Crippen LogP contribution in [-0.2, 0) is 0 Å². The van der Waals surface area contributed by atoms with Crippen molar-refractivity contribution in [3.63, 3.8) is 0 Å². The summed E-state index contributed by atoms with van der Waals surface area (Å²) in [5, 5.41) is 13.5. The summed E-state index contributed by atoms with van der Waals surface area (Å²) in [5.74, 6) is 0.991. The number of nitrogens with zero attached hydrogens (tertiary/aromatic N) is 5. The molecule has 0 saturated heterocycles. The van der Waals surface area contributed by atoms with E-state index in [1.165, 1.54) is 32.0 Å². The molecule has 0 aliphatic heterocycles. The molecule has 1 aliphatic rings. The van der Waals surface area contributed by atoms with Crippen molar-refractivity contribution in [1.29, 1.82) is 5.26 Å². The quantitative estimate of drug-likeness (QED) is 0.930. The van der Waals surface area contributed by atoms with Crippen molar-refractivity contribution in [1.82, 2.24) is 19.7 Å². The number of nitrogen functional groups attached to an aromatic ring is 1. The molecule has 6 nitrogen and oxygen atoms in total. The largest absolute Gasteiger partial charge is 0.384 e. The Bertz CT molecular complexity index is 650. The summed E-state index contributed by atoms with van der Waals surface area (Å²) in [6.07, 6.45) is 10.6. The molecule has 1 fully saturated rings. The Morgan fingerprint density at radius 3 is 2.90 bits per heavy atom. The zero-order valence-corrected chi connectivity index (χ0v) is 11.8. The molecule has 0 amide bonds. The third-order valence-electron chi connectivity index (χ3n) is 4.17. The monoisotopic (exact) mass is 282 g/mol. The molecule has 0 spiro atoms. The van der Waals surface area contributed by atoms with Crippen LogP contribution in [0.4, 0.5) is 5.82 Å². The van der Waals surface area contributed by atoms with Crippen LogP contribution in [0.2, 0.25) is 0 Å². The first kappa shape index (κ1) is 13.6. The highest BCUT2D eigenvalue weighted by Gasteiger charge is 2.27. The van der Waals surface area contributed by atoms with Crippen molar-refractivity contribution in [3.8, 4) is 17.3 Å². The first-order valence-corrected chi connectivity index (χ1v) is 7.27. The summed E-state index contributed by atoms with van der Waals surface area (Å²) in [6, 6.07) is 4.19. The first-order chi connectivity index (χ1) is 10.3. The van der Waals surface area contributed by atoms with E-state index in [9.17, 15) is 0 Å². The standard InChI is InChI=1S/C15H18N6/c16-6-5-14(11-3-1-2-4-11)21-9-12(8-20-21)13-7-15(17)19-10-18-13/h7-11,14H,1-5H2,(H2,17,18,19)/t14-/m1/s1. The molecule has 1 atom stereocenters. The Morgan fingerprint density at radius 2 is 2.19 bits per heavy atom. The lowest BCUT2D eigenvalue weighted by Gasteiger charge is -2.21. The van der Waals surface area contributed by atoms with Gasteiger partial charge in [0, 0.05) is 17.8 Å². The lowest BCUT2D eigenvalue weighted by atomic mass is 9.96. The molecule has 2 N–H and O–H groups in total. The lowest BCUT2D eigenvalue weighted by molar-refractivity contribution is 0.315. The molecule has 0 aromatic carbocycles. The highest BCUT2D eigenvalue weighted by molar-refractivity contribution is 5.59. The molecule has 0 radical (unpaired) electrons. The molecule has 21 heavy (non-hydrogen) atoms. The van der Waals surface area contributed by atoms with Gasteiger partial charge in [-0.1, -0.05) is 12.8 Å². The molecule has 0 bridgehead atoms. The maximum atomic E-state index is 9.09. The number of nitrogens with two attached hydrogens (primary N) is 1. The second-order valence-electron chi connectivity index (χ2n) is 5.51. The van der Waals surface area contributed by atoms with Crippen molar-refractivity contribution in [3.05, 3.63) is 24.8 Å². The number of hydrogen-bond donors (Lipinski definition) is 1. The fourth-order valence-corrected chi connectivity index (χ4v) is 3.09. The highest BCUT2D eigenvalue weighted by atomic mass is 15.3. The SMILES string of the molecule is N#CC[C@H](C1CCCC1)n1cc(-c2cc(N)ncn2)cn1. The molecule has 2 aromatic heterocycles. The van der Waals surface area contributed by atoms with Crippen molar-refractivity contribution in [2.24, 2.45) is 5.92 Å². The van der Waals surface area contributed by atoms with E-state index in [2.05, 4.69) is 21.1 Å². The van der Waals surface area contributed by atoms with Crippen LogP contribution < -0.4 is 5.73 Å². The molecule has 108 valence electrons. The van der Waals surface area contributed by atoms with E-state index in [0.29, 0.717) is 18.2 Å². The van der Waals surface area contributed by atoms with Gasteiger partial charge in [0.05, 0.1) is 30.4 Å². The molecule has 6 heteroatoms. The summed E-state index contributed by atoms with van der Waals surface area (Å²) >= 11 is 0. The Hall–Kier alpha value is -2.42. The van der Waals surface area contributed by atoms with Crippen LogP contribution in [-0.4, -0.2) is 19.7 Å². The molecular formula is C15H18N6. The first-order valence-electron chi connectivity index (χ1n) is 7.27. The predicted octanol–water partition coefficient (Wildman–Crippen LogP) is 2.57. The zero-order valence-electron chi connectivity index (χ0n) is 11.8. The summed E-state index contributed by atoms with van der Waals surface area (Å²) in [6.45, 7) is 0. The van der Waals surface area contributed by atoms with Gasteiger partial charge in [-0.05, 0) is 18.8 Å². The Morgan fingerprint density at radius 1 is 1.38 bits per heavy atom. The van der Waals surface area contributed by atoms with Crippen LogP contribution in [0.25, 0.3) is 11.3 Å². The van der Waals surface area contributed by atoms with Crippen LogP contribution in [0.3, 0.4) is 0 Å². The third kappa shape index (κ3) is 2.87. The number of hydrogen-bond acceptors (Lipinski definition) is 5. The summed E-state index contributed by atoms with van der Waals surface area (Å²) < 4.78 is 1.92. The van der Waals surface area contributed by atoms with E-state index in [1.54, 1.807) is 12.3 Å². The van der Waals surface area contributed by atoms with Crippen LogP contribution in [0, 0.1) is 17.2 Å². The summed E-state index contributed by atoms with van der Waals surface area (Å²) in [5.41, 5.74) is 7.36. The molecule has 0 unspecified atom stereocenters. The molecule has 2 heterocycles. The van der Waals surface area contributed by atoms with E-state index >= 15 is 0 Å². The molecule has 3 rings (SSSR count).